The zero-order valence-corrected chi connectivity index (χ0v) is 18.2. The van der Waals surface area contributed by atoms with Crippen molar-refractivity contribution in [3.63, 3.8) is 0 Å². The number of carbonyl (C=O) groups excluding carboxylic acids is 2. The molecule has 0 aliphatic carbocycles. The van der Waals surface area contributed by atoms with Crippen LogP contribution in [0.15, 0.2) is 71.6 Å². The van der Waals surface area contributed by atoms with Gasteiger partial charge in [0.25, 0.3) is 10.0 Å². The van der Waals surface area contributed by atoms with E-state index in [1.807, 2.05) is 0 Å². The minimum atomic E-state index is -4.11. The van der Waals surface area contributed by atoms with Gasteiger partial charge in [-0.1, -0.05) is 11.6 Å². The summed E-state index contributed by atoms with van der Waals surface area (Å²) < 4.78 is 57.9. The Bertz CT molecular complexity index is 1260. The second kappa shape index (κ2) is 9.46. The third kappa shape index (κ3) is 5.12. The predicted molar refractivity (Wildman–Crippen MR) is 114 cm³/mol. The Balaban J connectivity index is 1.79. The lowest BCUT2D eigenvalue weighted by molar-refractivity contribution is 0.0474. The summed E-state index contributed by atoms with van der Waals surface area (Å²) in [7, 11) is -2.84. The van der Waals surface area contributed by atoms with Gasteiger partial charge in [0.2, 0.25) is 0 Å². The molecule has 10 heteroatoms. The Morgan fingerprint density at radius 1 is 0.938 bits per heavy atom. The van der Waals surface area contributed by atoms with Crippen LogP contribution in [0, 0.1) is 11.6 Å². The molecule has 6 nitrogen and oxygen atoms in total. The van der Waals surface area contributed by atoms with Gasteiger partial charge < -0.3 is 4.74 Å². The third-order valence-electron chi connectivity index (χ3n) is 4.51. The van der Waals surface area contributed by atoms with Crippen molar-refractivity contribution in [3.8, 4) is 0 Å². The topological polar surface area (TPSA) is 80.8 Å². The monoisotopic (exact) mass is 479 g/mol. The van der Waals surface area contributed by atoms with Crippen molar-refractivity contribution in [3.05, 3.63) is 94.5 Å². The van der Waals surface area contributed by atoms with Gasteiger partial charge in [-0.25, -0.2) is 22.0 Å². The Hall–Kier alpha value is -3.30. The molecule has 0 heterocycles. The van der Waals surface area contributed by atoms with Crippen molar-refractivity contribution < 1.29 is 31.5 Å². The molecule has 0 bridgehead atoms. The lowest BCUT2D eigenvalue weighted by Crippen LogP contribution is -2.26. The molecule has 0 aliphatic heterocycles. The number of sulfonamides is 1. The van der Waals surface area contributed by atoms with E-state index >= 15 is 0 Å². The molecular weight excluding hydrogens is 464 g/mol. The molecule has 0 fully saturated rings. The molecule has 0 spiro atoms. The first-order valence-electron chi connectivity index (χ1n) is 9.09. The number of Topliss-reactive ketones (excluding diaryl/α,β-unsaturated/α-hetero) is 1. The van der Waals surface area contributed by atoms with Crippen LogP contribution in [0.2, 0.25) is 5.02 Å². The van der Waals surface area contributed by atoms with Crippen molar-refractivity contribution in [1.29, 1.82) is 0 Å². The molecule has 32 heavy (non-hydrogen) atoms. The van der Waals surface area contributed by atoms with E-state index in [0.29, 0.717) is 0 Å². The zero-order valence-electron chi connectivity index (χ0n) is 16.6. The molecule has 0 aromatic heterocycles. The highest BCUT2D eigenvalue weighted by Crippen LogP contribution is 2.26. The molecule has 0 amide bonds. The number of esters is 1. The lowest BCUT2D eigenvalue weighted by Gasteiger charge is -2.20. The fourth-order valence-corrected chi connectivity index (χ4v) is 4.11. The first-order valence-corrected chi connectivity index (χ1v) is 10.9. The number of anilines is 1. The van der Waals surface area contributed by atoms with Crippen molar-refractivity contribution in [2.75, 3.05) is 18.0 Å². The van der Waals surface area contributed by atoms with Gasteiger partial charge >= 0.3 is 5.97 Å². The fraction of sp³-hybridized carbons (Fsp3) is 0.0909. The van der Waals surface area contributed by atoms with Crippen LogP contribution in [0.3, 0.4) is 0 Å². The van der Waals surface area contributed by atoms with Gasteiger partial charge in [0, 0.05) is 12.6 Å². The molecule has 0 saturated carbocycles. The van der Waals surface area contributed by atoms with Crippen LogP contribution in [0.1, 0.15) is 20.7 Å². The van der Waals surface area contributed by atoms with Gasteiger partial charge in [-0.05, 0) is 66.7 Å². The fourth-order valence-electron chi connectivity index (χ4n) is 2.70. The van der Waals surface area contributed by atoms with Crippen LogP contribution in [-0.2, 0) is 14.8 Å². The summed E-state index contributed by atoms with van der Waals surface area (Å²) in [6, 6.07) is 12.9. The van der Waals surface area contributed by atoms with E-state index in [2.05, 4.69) is 0 Å². The van der Waals surface area contributed by atoms with E-state index < -0.39 is 40.0 Å². The van der Waals surface area contributed by atoms with Crippen molar-refractivity contribution >= 4 is 39.1 Å². The van der Waals surface area contributed by atoms with E-state index in [1.165, 1.54) is 43.4 Å². The molecule has 3 aromatic rings. The van der Waals surface area contributed by atoms with E-state index in [-0.39, 0.29) is 26.7 Å². The normalized spacial score (nSPS) is 11.1. The van der Waals surface area contributed by atoms with E-state index in [9.17, 15) is 26.8 Å². The van der Waals surface area contributed by atoms with Crippen LogP contribution >= 0.6 is 11.6 Å². The lowest BCUT2D eigenvalue weighted by atomic mass is 10.1. The summed E-state index contributed by atoms with van der Waals surface area (Å²) in [4.78, 5) is 24.3. The highest BCUT2D eigenvalue weighted by atomic mass is 35.5. The van der Waals surface area contributed by atoms with Gasteiger partial charge in [0.05, 0.1) is 21.2 Å². The number of halogens is 3. The van der Waals surface area contributed by atoms with Crippen LogP contribution in [-0.4, -0.2) is 33.8 Å². The molecule has 3 aromatic carbocycles. The van der Waals surface area contributed by atoms with Gasteiger partial charge in [-0.15, -0.1) is 0 Å². The molecule has 0 unspecified atom stereocenters. The Morgan fingerprint density at radius 3 is 2.09 bits per heavy atom. The Morgan fingerprint density at radius 2 is 1.50 bits per heavy atom. The average Bonchev–Trinajstić information content (AvgIpc) is 2.78. The maximum absolute atomic E-state index is 13.1. The molecule has 3 rings (SSSR count). The number of hydrogen-bond donors (Lipinski definition) is 0. The molecule has 0 aliphatic rings. The number of carbonyl (C=O) groups is 2. The van der Waals surface area contributed by atoms with Gasteiger partial charge in [-0.2, -0.15) is 0 Å². The number of hydrogen-bond acceptors (Lipinski definition) is 5. The molecule has 0 atom stereocenters. The largest absolute Gasteiger partial charge is 0.454 e. The smallest absolute Gasteiger partial charge is 0.340 e. The SMILES string of the molecule is CN(c1ccc(F)cc1)S(=O)(=O)c1ccc(Cl)c(C(=O)OCC(=O)c2ccc(F)cc2)c1. The van der Waals surface area contributed by atoms with Crippen LogP contribution in [0.4, 0.5) is 14.5 Å². The maximum atomic E-state index is 13.1. The summed E-state index contributed by atoms with van der Waals surface area (Å²) in [6.45, 7) is -0.646. The van der Waals surface area contributed by atoms with Crippen molar-refractivity contribution in [2.24, 2.45) is 0 Å². The number of ketones is 1. The maximum Gasteiger partial charge on any atom is 0.340 e. The second-order valence-electron chi connectivity index (χ2n) is 6.60. The molecule has 0 N–H and O–H groups in total. The number of ether oxygens (including phenoxy) is 1. The average molecular weight is 480 g/mol. The molecule has 0 saturated heterocycles. The van der Waals surface area contributed by atoms with Gasteiger partial charge in [-0.3, -0.25) is 9.10 Å². The van der Waals surface area contributed by atoms with Gasteiger partial charge in [0.15, 0.2) is 12.4 Å². The summed E-state index contributed by atoms with van der Waals surface area (Å²) in [5.74, 6) is -2.62. The highest BCUT2D eigenvalue weighted by Gasteiger charge is 2.24. The van der Waals surface area contributed by atoms with Crippen molar-refractivity contribution in [1.82, 2.24) is 0 Å². The Labute approximate surface area is 188 Å². The quantitative estimate of drug-likeness (QED) is 0.368. The number of rotatable bonds is 7. The first-order chi connectivity index (χ1) is 15.1. The summed E-state index contributed by atoms with van der Waals surface area (Å²) in [6.07, 6.45) is 0. The van der Waals surface area contributed by atoms with E-state index in [0.717, 1.165) is 34.6 Å². The predicted octanol–water partition coefficient (Wildman–Crippen LogP) is 4.48. The summed E-state index contributed by atoms with van der Waals surface area (Å²) >= 11 is 6.03. The molecule has 0 radical (unpaired) electrons. The minimum absolute atomic E-state index is 0.0763. The minimum Gasteiger partial charge on any atom is -0.454 e. The van der Waals surface area contributed by atoms with Gasteiger partial charge in [0.1, 0.15) is 11.6 Å². The van der Waals surface area contributed by atoms with Crippen LogP contribution < -0.4 is 4.31 Å². The number of benzene rings is 3. The molecular formula is C22H16ClF2NO5S. The van der Waals surface area contributed by atoms with E-state index in [4.69, 9.17) is 16.3 Å². The molecule has 166 valence electrons. The summed E-state index contributed by atoms with van der Waals surface area (Å²) in [5, 5.41) is -0.0763. The highest BCUT2D eigenvalue weighted by molar-refractivity contribution is 7.92. The Kier molecular flexibility index (Phi) is 6.90. The van der Waals surface area contributed by atoms with Crippen molar-refractivity contribution in [2.45, 2.75) is 4.90 Å². The van der Waals surface area contributed by atoms with E-state index in [1.54, 1.807) is 0 Å². The number of nitrogens with zero attached hydrogens (tertiary/aromatic N) is 1. The first kappa shape index (κ1) is 23.4. The third-order valence-corrected chi connectivity index (χ3v) is 6.62. The van der Waals surface area contributed by atoms with Crippen LogP contribution in [0.5, 0.6) is 0 Å². The summed E-state index contributed by atoms with van der Waals surface area (Å²) in [5.41, 5.74) is 0.0880. The second-order valence-corrected chi connectivity index (χ2v) is 8.97. The standard InChI is InChI=1S/C22H16ClF2NO5S/c1-26(17-8-6-16(25)7-9-17)32(29,30)18-10-11-20(23)19(12-18)22(28)31-13-21(27)14-2-4-15(24)5-3-14/h2-12H,13H2,1H3. The zero-order chi connectivity index (χ0) is 23.5. The van der Waals surface area contributed by atoms with Crippen LogP contribution in [0.25, 0.3) is 0 Å².